The van der Waals surface area contributed by atoms with Crippen LogP contribution in [0.5, 0.6) is 0 Å². The van der Waals surface area contributed by atoms with E-state index in [9.17, 15) is 5.11 Å². The molecule has 1 aliphatic heterocycles. The van der Waals surface area contributed by atoms with E-state index in [4.69, 9.17) is 0 Å². The van der Waals surface area contributed by atoms with Gasteiger partial charge in [-0.15, -0.1) is 0 Å². The Morgan fingerprint density at radius 3 is 2.70 bits per heavy atom. The van der Waals surface area contributed by atoms with Gasteiger partial charge in [-0.2, -0.15) is 28.6 Å². The Morgan fingerprint density at radius 2 is 2.15 bits per heavy atom. The lowest BCUT2D eigenvalue weighted by Crippen LogP contribution is -2.36. The fourth-order valence-electron chi connectivity index (χ4n) is 2.38. The molecule has 0 aromatic carbocycles. The summed E-state index contributed by atoms with van der Waals surface area (Å²) in [6.45, 7) is 6.64. The molecule has 1 aliphatic rings. The van der Waals surface area contributed by atoms with Crippen LogP contribution in [0.4, 0.5) is 0 Å². The molecule has 1 N–H and O–H groups in total. The molecule has 0 saturated carbocycles. The predicted molar refractivity (Wildman–Crippen MR) is 92.8 cm³/mol. The second kappa shape index (κ2) is 7.07. The molecule has 114 valence electrons. The van der Waals surface area contributed by atoms with Gasteiger partial charge in [-0.3, -0.25) is 4.68 Å². The largest absolute Gasteiger partial charge is 0.392 e. The molecule has 0 radical (unpaired) electrons. The van der Waals surface area contributed by atoms with E-state index in [-0.39, 0.29) is 6.10 Å². The molecule has 1 saturated heterocycles. The Labute approximate surface area is 138 Å². The maximum absolute atomic E-state index is 10.6. The summed E-state index contributed by atoms with van der Waals surface area (Å²) in [4.78, 5) is 0. The topological polar surface area (TPSA) is 38.0 Å². The van der Waals surface area contributed by atoms with Crippen molar-refractivity contribution in [3.05, 3.63) is 15.9 Å². The van der Waals surface area contributed by atoms with Gasteiger partial charge in [0, 0.05) is 35.0 Å². The van der Waals surface area contributed by atoms with Gasteiger partial charge in [0.05, 0.1) is 22.0 Å². The molecule has 0 spiro atoms. The second-order valence-corrected chi connectivity index (χ2v) is 9.20. The summed E-state index contributed by atoms with van der Waals surface area (Å²) in [5.41, 5.74) is 2.17. The molecule has 0 amide bonds. The minimum atomic E-state index is -0.307. The van der Waals surface area contributed by atoms with Gasteiger partial charge in [0.25, 0.3) is 0 Å². The molecule has 20 heavy (non-hydrogen) atoms. The molecule has 6 heteroatoms. The van der Waals surface area contributed by atoms with Crippen LogP contribution in [-0.4, -0.2) is 42.5 Å². The molecule has 4 atom stereocenters. The Balaban J connectivity index is 2.04. The fourth-order valence-corrected chi connectivity index (χ4v) is 6.17. The number of aliphatic hydroxyl groups excluding tert-OH is 1. The van der Waals surface area contributed by atoms with Crippen LogP contribution in [0.2, 0.25) is 0 Å². The average Bonchev–Trinajstić information content (AvgIpc) is 2.69. The molecule has 1 fully saturated rings. The molecular weight excluding hydrogens is 356 g/mol. The van der Waals surface area contributed by atoms with Gasteiger partial charge in [0.2, 0.25) is 0 Å². The second-order valence-electron chi connectivity index (χ2n) is 5.37. The lowest BCUT2D eigenvalue weighted by molar-refractivity contribution is 0.174. The maximum atomic E-state index is 10.6. The quantitative estimate of drug-likeness (QED) is 0.872. The van der Waals surface area contributed by atoms with E-state index < -0.39 is 0 Å². The van der Waals surface area contributed by atoms with Crippen molar-refractivity contribution in [3.8, 4) is 0 Å². The number of thioether (sulfide) groups is 2. The Bertz CT molecular complexity index is 466. The first-order valence-corrected chi connectivity index (χ1v) is 9.87. The molecule has 3 nitrogen and oxygen atoms in total. The van der Waals surface area contributed by atoms with E-state index in [1.807, 2.05) is 35.3 Å². The number of rotatable bonds is 4. The van der Waals surface area contributed by atoms with E-state index in [1.54, 1.807) is 0 Å². The van der Waals surface area contributed by atoms with E-state index in [0.29, 0.717) is 22.2 Å². The molecule has 2 rings (SSSR count). The van der Waals surface area contributed by atoms with Crippen molar-refractivity contribution < 1.29 is 5.11 Å². The number of aliphatic hydroxyl groups is 1. The Morgan fingerprint density at radius 1 is 1.45 bits per heavy atom. The number of nitrogens with zero attached hydrogens (tertiary/aromatic N) is 2. The highest BCUT2D eigenvalue weighted by Crippen LogP contribution is 2.38. The van der Waals surface area contributed by atoms with Crippen LogP contribution in [-0.2, 0) is 19.9 Å². The lowest BCUT2D eigenvalue weighted by atomic mass is 10.1. The SMILES string of the molecule is CCc1nn(C)c(CC(O)C2CSC(C)C(C)S2)c1Br. The van der Waals surface area contributed by atoms with Gasteiger partial charge in [-0.25, -0.2) is 0 Å². The van der Waals surface area contributed by atoms with Gasteiger partial charge >= 0.3 is 0 Å². The molecule has 0 aliphatic carbocycles. The van der Waals surface area contributed by atoms with Crippen LogP contribution in [0.15, 0.2) is 4.47 Å². The maximum Gasteiger partial charge on any atom is 0.0766 e. The standard InChI is InChI=1S/C14H23BrN2OS2/c1-5-10-14(15)11(17(4)16-10)6-12(18)13-7-19-8(2)9(3)20-13/h8-9,12-13,18H,5-7H2,1-4H3. The van der Waals surface area contributed by atoms with Crippen molar-refractivity contribution >= 4 is 39.5 Å². The number of aryl methyl sites for hydroxylation is 2. The summed E-state index contributed by atoms with van der Waals surface area (Å²) in [6, 6.07) is 0. The molecule has 1 aromatic rings. The average molecular weight is 379 g/mol. The van der Waals surface area contributed by atoms with Gasteiger partial charge in [-0.1, -0.05) is 20.8 Å². The third-order valence-corrected chi connectivity index (χ3v) is 8.36. The van der Waals surface area contributed by atoms with Gasteiger partial charge in [-0.05, 0) is 22.4 Å². The van der Waals surface area contributed by atoms with Crippen molar-refractivity contribution in [2.75, 3.05) is 5.75 Å². The van der Waals surface area contributed by atoms with Crippen LogP contribution in [0, 0.1) is 0 Å². The van der Waals surface area contributed by atoms with Gasteiger partial charge in [0.15, 0.2) is 0 Å². The number of halogens is 1. The van der Waals surface area contributed by atoms with Crippen molar-refractivity contribution in [1.82, 2.24) is 9.78 Å². The molecule has 1 aromatic heterocycles. The van der Waals surface area contributed by atoms with E-state index >= 15 is 0 Å². The highest BCUT2D eigenvalue weighted by atomic mass is 79.9. The number of hydrogen-bond acceptors (Lipinski definition) is 4. The van der Waals surface area contributed by atoms with Crippen LogP contribution in [0.25, 0.3) is 0 Å². The molecule has 2 heterocycles. The Kier molecular flexibility index (Phi) is 5.91. The number of hydrogen-bond donors (Lipinski definition) is 1. The summed E-state index contributed by atoms with van der Waals surface area (Å²) >= 11 is 7.54. The van der Waals surface area contributed by atoms with E-state index in [2.05, 4.69) is 41.8 Å². The highest BCUT2D eigenvalue weighted by molar-refractivity contribution is 9.10. The summed E-state index contributed by atoms with van der Waals surface area (Å²) in [7, 11) is 1.96. The van der Waals surface area contributed by atoms with Crippen LogP contribution >= 0.6 is 39.5 Å². The minimum Gasteiger partial charge on any atom is -0.392 e. The first-order chi connectivity index (χ1) is 9.43. The van der Waals surface area contributed by atoms with Gasteiger partial charge < -0.3 is 5.11 Å². The Hall–Kier alpha value is 0.350. The zero-order valence-corrected chi connectivity index (χ0v) is 15.7. The van der Waals surface area contributed by atoms with Crippen molar-refractivity contribution in [2.24, 2.45) is 7.05 Å². The minimum absolute atomic E-state index is 0.307. The summed E-state index contributed by atoms with van der Waals surface area (Å²) in [6.07, 6.45) is 1.27. The van der Waals surface area contributed by atoms with Crippen molar-refractivity contribution in [2.45, 2.75) is 55.5 Å². The summed E-state index contributed by atoms with van der Waals surface area (Å²) in [5, 5.41) is 16.7. The fraction of sp³-hybridized carbons (Fsp3) is 0.786. The van der Waals surface area contributed by atoms with Crippen LogP contribution in [0.1, 0.15) is 32.2 Å². The zero-order valence-electron chi connectivity index (χ0n) is 12.5. The molecule has 0 bridgehead atoms. The lowest BCUT2D eigenvalue weighted by Gasteiger charge is -2.33. The highest BCUT2D eigenvalue weighted by Gasteiger charge is 2.31. The van der Waals surface area contributed by atoms with Crippen LogP contribution in [0.3, 0.4) is 0 Å². The predicted octanol–water partition coefficient (Wildman–Crippen LogP) is 3.27. The first-order valence-electron chi connectivity index (χ1n) is 7.09. The summed E-state index contributed by atoms with van der Waals surface area (Å²) < 4.78 is 2.97. The van der Waals surface area contributed by atoms with Gasteiger partial charge in [0.1, 0.15) is 0 Å². The molecule has 4 unspecified atom stereocenters. The van der Waals surface area contributed by atoms with E-state index in [0.717, 1.165) is 28.0 Å². The van der Waals surface area contributed by atoms with Crippen molar-refractivity contribution in [3.63, 3.8) is 0 Å². The smallest absolute Gasteiger partial charge is 0.0766 e. The third kappa shape index (κ3) is 3.57. The third-order valence-electron chi connectivity index (χ3n) is 3.91. The van der Waals surface area contributed by atoms with Crippen LogP contribution < -0.4 is 0 Å². The normalized spacial score (nSPS) is 28.6. The molecular formula is C14H23BrN2OS2. The van der Waals surface area contributed by atoms with Crippen molar-refractivity contribution in [1.29, 1.82) is 0 Å². The monoisotopic (exact) mass is 378 g/mol. The van der Waals surface area contributed by atoms with E-state index in [1.165, 1.54) is 0 Å². The zero-order chi connectivity index (χ0) is 14.9. The summed E-state index contributed by atoms with van der Waals surface area (Å²) in [5.74, 6) is 1.04. The first kappa shape index (κ1) is 16.7. The number of aromatic nitrogens is 2.